The molecule has 0 amide bonds. The fourth-order valence-electron chi connectivity index (χ4n) is 2.01. The highest BCUT2D eigenvalue weighted by Gasteiger charge is 2.17. The molecule has 0 saturated carbocycles. The van der Waals surface area contributed by atoms with Gasteiger partial charge in [0.15, 0.2) is 0 Å². The van der Waals surface area contributed by atoms with E-state index in [2.05, 4.69) is 35.2 Å². The minimum atomic E-state index is 0. The number of rotatable bonds is 2. The monoisotopic (exact) mass is 277 g/mol. The van der Waals surface area contributed by atoms with E-state index >= 15 is 0 Å². The summed E-state index contributed by atoms with van der Waals surface area (Å²) in [6.07, 6.45) is 4.31. The maximum Gasteiger partial charge on any atom is 0.131 e. The van der Waals surface area contributed by atoms with E-state index in [1.165, 1.54) is 18.5 Å². The number of hydrogen-bond donors (Lipinski definition) is 1. The Balaban J connectivity index is 0.00000128. The van der Waals surface area contributed by atoms with Crippen LogP contribution in [0.3, 0.4) is 0 Å². The van der Waals surface area contributed by atoms with Gasteiger partial charge in [-0.05, 0) is 32.0 Å². The van der Waals surface area contributed by atoms with E-state index in [-0.39, 0.29) is 24.8 Å². The zero-order valence-electron chi connectivity index (χ0n) is 10.3. The zero-order chi connectivity index (χ0) is 10.7. The van der Waals surface area contributed by atoms with Crippen LogP contribution in [0.1, 0.15) is 50.0 Å². The summed E-state index contributed by atoms with van der Waals surface area (Å²) >= 11 is 0. The molecule has 1 aliphatic rings. The molecular formula is C12H21Cl2N3. The Morgan fingerprint density at radius 1 is 1.24 bits per heavy atom. The molecule has 0 radical (unpaired) electrons. The summed E-state index contributed by atoms with van der Waals surface area (Å²) in [5.74, 6) is 2.03. The van der Waals surface area contributed by atoms with Crippen molar-refractivity contribution in [3.05, 3.63) is 23.8 Å². The fraction of sp³-hybridized carbons (Fsp3) is 0.667. The molecule has 0 aliphatic carbocycles. The molecule has 1 fully saturated rings. The Bertz CT molecular complexity index is 325. The van der Waals surface area contributed by atoms with Crippen LogP contribution in [0.15, 0.2) is 12.3 Å². The van der Waals surface area contributed by atoms with Crippen molar-refractivity contribution in [3.63, 3.8) is 0 Å². The Morgan fingerprint density at radius 3 is 2.47 bits per heavy atom. The van der Waals surface area contributed by atoms with E-state index in [1.54, 1.807) is 0 Å². The number of aromatic nitrogens is 2. The van der Waals surface area contributed by atoms with E-state index in [0.717, 1.165) is 18.9 Å². The smallest absolute Gasteiger partial charge is 0.131 e. The predicted molar refractivity (Wildman–Crippen MR) is 75.5 cm³/mol. The van der Waals surface area contributed by atoms with Crippen molar-refractivity contribution in [3.8, 4) is 0 Å². The van der Waals surface area contributed by atoms with Gasteiger partial charge in [-0.1, -0.05) is 13.8 Å². The summed E-state index contributed by atoms with van der Waals surface area (Å²) in [5.41, 5.74) is 1.23. The van der Waals surface area contributed by atoms with Crippen LogP contribution in [0.25, 0.3) is 0 Å². The number of nitrogens with zero attached hydrogens (tertiary/aromatic N) is 2. The van der Waals surface area contributed by atoms with E-state index in [4.69, 9.17) is 0 Å². The summed E-state index contributed by atoms with van der Waals surface area (Å²) in [6.45, 7) is 6.51. The highest BCUT2D eigenvalue weighted by molar-refractivity contribution is 5.85. The maximum absolute atomic E-state index is 4.66. The van der Waals surface area contributed by atoms with Gasteiger partial charge in [0, 0.05) is 23.7 Å². The third kappa shape index (κ3) is 4.41. The van der Waals surface area contributed by atoms with E-state index in [0.29, 0.717) is 11.8 Å². The Hall–Kier alpha value is -0.380. The van der Waals surface area contributed by atoms with Crippen LogP contribution in [0.4, 0.5) is 0 Å². The van der Waals surface area contributed by atoms with Gasteiger partial charge >= 0.3 is 0 Å². The summed E-state index contributed by atoms with van der Waals surface area (Å²) < 4.78 is 0. The number of halogens is 2. The molecule has 1 saturated heterocycles. The third-order valence-electron chi connectivity index (χ3n) is 2.97. The van der Waals surface area contributed by atoms with E-state index in [1.807, 2.05) is 6.20 Å². The average Bonchev–Trinajstić information content (AvgIpc) is 2.30. The second-order valence-electron chi connectivity index (χ2n) is 4.52. The van der Waals surface area contributed by atoms with Gasteiger partial charge in [-0.2, -0.15) is 0 Å². The van der Waals surface area contributed by atoms with Crippen molar-refractivity contribution in [2.75, 3.05) is 13.1 Å². The molecule has 5 heteroatoms. The normalized spacial score (nSPS) is 16.2. The standard InChI is InChI=1S/C12H19N3.2ClH/c1-9(2)12-14-8-5-11(15-12)10-3-6-13-7-4-10;;/h5,8-10,13H,3-4,6-7H2,1-2H3;2*1H. The van der Waals surface area contributed by atoms with Gasteiger partial charge in [0.25, 0.3) is 0 Å². The Labute approximate surface area is 116 Å². The lowest BCUT2D eigenvalue weighted by Gasteiger charge is -2.22. The highest BCUT2D eigenvalue weighted by atomic mass is 35.5. The number of piperidine rings is 1. The first-order chi connectivity index (χ1) is 7.27. The van der Waals surface area contributed by atoms with Gasteiger partial charge in [-0.3, -0.25) is 0 Å². The molecule has 1 aliphatic heterocycles. The first-order valence-electron chi connectivity index (χ1n) is 5.81. The molecule has 2 rings (SSSR count). The lowest BCUT2D eigenvalue weighted by Crippen LogP contribution is -2.27. The second-order valence-corrected chi connectivity index (χ2v) is 4.52. The largest absolute Gasteiger partial charge is 0.317 e. The summed E-state index contributed by atoms with van der Waals surface area (Å²) in [5, 5.41) is 3.38. The van der Waals surface area contributed by atoms with Gasteiger partial charge in [0.1, 0.15) is 5.82 Å². The predicted octanol–water partition coefficient (Wildman–Crippen LogP) is 2.91. The summed E-state index contributed by atoms with van der Waals surface area (Å²) in [6, 6.07) is 2.07. The van der Waals surface area contributed by atoms with Crippen molar-refractivity contribution in [2.24, 2.45) is 0 Å². The van der Waals surface area contributed by atoms with Crippen molar-refractivity contribution in [1.29, 1.82) is 0 Å². The first-order valence-corrected chi connectivity index (χ1v) is 5.81. The number of nitrogens with one attached hydrogen (secondary N) is 1. The minimum Gasteiger partial charge on any atom is -0.317 e. The zero-order valence-corrected chi connectivity index (χ0v) is 12.0. The van der Waals surface area contributed by atoms with E-state index < -0.39 is 0 Å². The van der Waals surface area contributed by atoms with Crippen molar-refractivity contribution < 1.29 is 0 Å². The topological polar surface area (TPSA) is 37.8 Å². The first kappa shape index (κ1) is 16.6. The van der Waals surface area contributed by atoms with Gasteiger partial charge in [0.2, 0.25) is 0 Å². The van der Waals surface area contributed by atoms with Crippen LogP contribution in [0, 0.1) is 0 Å². The Kier molecular flexibility index (Phi) is 7.68. The minimum absolute atomic E-state index is 0. The second kappa shape index (κ2) is 7.85. The lowest BCUT2D eigenvalue weighted by atomic mass is 9.94. The molecule has 1 aromatic rings. The Morgan fingerprint density at radius 2 is 1.88 bits per heavy atom. The molecule has 0 unspecified atom stereocenters. The molecule has 0 aromatic carbocycles. The molecule has 0 bridgehead atoms. The van der Waals surface area contributed by atoms with Gasteiger partial charge in [-0.25, -0.2) is 9.97 Å². The van der Waals surface area contributed by atoms with Crippen molar-refractivity contribution in [2.45, 2.75) is 38.5 Å². The average molecular weight is 278 g/mol. The van der Waals surface area contributed by atoms with Crippen molar-refractivity contribution >= 4 is 24.8 Å². The molecular weight excluding hydrogens is 257 g/mol. The molecule has 0 spiro atoms. The van der Waals surface area contributed by atoms with Gasteiger partial charge < -0.3 is 5.32 Å². The van der Waals surface area contributed by atoms with Crippen molar-refractivity contribution in [1.82, 2.24) is 15.3 Å². The van der Waals surface area contributed by atoms with Crippen LogP contribution >= 0.6 is 24.8 Å². The lowest BCUT2D eigenvalue weighted by molar-refractivity contribution is 0.451. The van der Waals surface area contributed by atoms with Crippen LogP contribution in [-0.4, -0.2) is 23.1 Å². The maximum atomic E-state index is 4.66. The fourth-order valence-corrected chi connectivity index (χ4v) is 2.01. The van der Waals surface area contributed by atoms with Gasteiger partial charge in [-0.15, -0.1) is 24.8 Å². The highest BCUT2D eigenvalue weighted by Crippen LogP contribution is 2.23. The quantitative estimate of drug-likeness (QED) is 0.904. The van der Waals surface area contributed by atoms with E-state index in [9.17, 15) is 0 Å². The molecule has 98 valence electrons. The summed E-state index contributed by atoms with van der Waals surface area (Å²) in [4.78, 5) is 8.96. The van der Waals surface area contributed by atoms with Crippen LogP contribution in [0.2, 0.25) is 0 Å². The van der Waals surface area contributed by atoms with Crippen LogP contribution in [-0.2, 0) is 0 Å². The SMILES string of the molecule is CC(C)c1nccc(C2CCNCC2)n1.Cl.Cl. The molecule has 2 heterocycles. The molecule has 17 heavy (non-hydrogen) atoms. The third-order valence-corrected chi connectivity index (χ3v) is 2.97. The molecule has 1 aromatic heterocycles. The van der Waals surface area contributed by atoms with Crippen LogP contribution in [0.5, 0.6) is 0 Å². The van der Waals surface area contributed by atoms with Crippen LogP contribution < -0.4 is 5.32 Å². The summed E-state index contributed by atoms with van der Waals surface area (Å²) in [7, 11) is 0. The molecule has 0 atom stereocenters. The molecule has 3 nitrogen and oxygen atoms in total. The molecule has 1 N–H and O–H groups in total. The number of hydrogen-bond acceptors (Lipinski definition) is 3. The van der Waals surface area contributed by atoms with Gasteiger partial charge in [0.05, 0.1) is 0 Å².